The summed E-state index contributed by atoms with van der Waals surface area (Å²) in [6.07, 6.45) is 2.28. The molecule has 0 saturated carbocycles. The summed E-state index contributed by atoms with van der Waals surface area (Å²) in [6, 6.07) is 5.78. The molecule has 0 bridgehead atoms. The highest BCUT2D eigenvalue weighted by atomic mass is 35.5. The van der Waals surface area contributed by atoms with Gasteiger partial charge >= 0.3 is 0 Å². The Morgan fingerprint density at radius 3 is 2.75 bits per heavy atom. The van der Waals surface area contributed by atoms with Crippen molar-refractivity contribution in [3.63, 3.8) is 0 Å². The Kier molecular flexibility index (Phi) is 5.36. The van der Waals surface area contributed by atoms with Crippen molar-refractivity contribution in [3.8, 4) is 0 Å². The van der Waals surface area contributed by atoms with Crippen LogP contribution in [0.4, 0.5) is 0 Å². The van der Waals surface area contributed by atoms with Gasteiger partial charge < -0.3 is 10.1 Å². The first kappa shape index (κ1) is 16.1. The Balaban J connectivity index is 2.16. The number of nitrogens with one attached hydrogen (secondary N) is 1. The Morgan fingerprint density at radius 1 is 1.30 bits per heavy atom. The van der Waals surface area contributed by atoms with Crippen molar-refractivity contribution in [1.29, 1.82) is 0 Å². The number of ether oxygens (including phenoxy) is 1. The molecule has 1 N–H and O–H groups in total. The van der Waals surface area contributed by atoms with Gasteiger partial charge in [-0.05, 0) is 39.7 Å². The molecule has 1 aliphatic rings. The van der Waals surface area contributed by atoms with Crippen LogP contribution in [-0.4, -0.2) is 18.7 Å². The Labute approximate surface area is 131 Å². The first-order valence-corrected chi connectivity index (χ1v) is 7.94. The van der Waals surface area contributed by atoms with Gasteiger partial charge in [0.25, 0.3) is 0 Å². The molecule has 0 radical (unpaired) electrons. The van der Waals surface area contributed by atoms with Gasteiger partial charge in [-0.2, -0.15) is 0 Å². The van der Waals surface area contributed by atoms with Crippen LogP contribution in [0.1, 0.15) is 45.3 Å². The summed E-state index contributed by atoms with van der Waals surface area (Å²) in [7, 11) is 0. The monoisotopic (exact) mass is 315 g/mol. The zero-order valence-corrected chi connectivity index (χ0v) is 13.9. The number of rotatable bonds is 3. The largest absolute Gasteiger partial charge is 0.373 e. The summed E-state index contributed by atoms with van der Waals surface area (Å²) in [6.45, 7) is 8.25. The molecule has 4 heteroatoms. The van der Waals surface area contributed by atoms with Gasteiger partial charge in [0.1, 0.15) is 0 Å². The van der Waals surface area contributed by atoms with E-state index in [9.17, 15) is 0 Å². The van der Waals surface area contributed by atoms with E-state index in [1.165, 1.54) is 0 Å². The Bertz CT molecular complexity index is 456. The second kappa shape index (κ2) is 6.65. The average molecular weight is 316 g/mol. The van der Waals surface area contributed by atoms with Gasteiger partial charge in [0.2, 0.25) is 0 Å². The molecule has 2 nitrogen and oxygen atoms in total. The van der Waals surface area contributed by atoms with Crippen molar-refractivity contribution in [2.45, 2.75) is 45.3 Å². The fourth-order valence-electron chi connectivity index (χ4n) is 2.57. The van der Waals surface area contributed by atoms with Crippen LogP contribution < -0.4 is 5.32 Å². The molecular formula is C16H23Cl2NO. The SMILES string of the molecule is CC(C)(C)NCC1CCCOC1c1cccc(Cl)c1Cl. The third-order valence-electron chi connectivity index (χ3n) is 3.63. The second-order valence-electron chi connectivity index (χ2n) is 6.47. The highest BCUT2D eigenvalue weighted by Gasteiger charge is 2.30. The van der Waals surface area contributed by atoms with Gasteiger partial charge in [-0.15, -0.1) is 0 Å². The summed E-state index contributed by atoms with van der Waals surface area (Å²) in [5.41, 5.74) is 1.12. The molecular weight excluding hydrogens is 293 g/mol. The number of hydrogen-bond acceptors (Lipinski definition) is 2. The predicted octanol–water partition coefficient (Wildman–Crippen LogP) is 4.85. The summed E-state index contributed by atoms with van der Waals surface area (Å²) in [4.78, 5) is 0. The topological polar surface area (TPSA) is 21.3 Å². The lowest BCUT2D eigenvalue weighted by atomic mass is 9.88. The molecule has 1 aromatic rings. The third kappa shape index (κ3) is 4.11. The Morgan fingerprint density at radius 2 is 2.05 bits per heavy atom. The van der Waals surface area contributed by atoms with Gasteiger partial charge in [0, 0.05) is 30.2 Å². The van der Waals surface area contributed by atoms with E-state index >= 15 is 0 Å². The minimum absolute atomic E-state index is 0.0322. The van der Waals surface area contributed by atoms with Crippen molar-refractivity contribution < 1.29 is 4.74 Å². The first-order valence-electron chi connectivity index (χ1n) is 7.19. The zero-order chi connectivity index (χ0) is 14.8. The van der Waals surface area contributed by atoms with Crippen LogP contribution in [-0.2, 0) is 4.74 Å². The average Bonchev–Trinajstić information content (AvgIpc) is 2.39. The predicted molar refractivity (Wildman–Crippen MR) is 85.6 cm³/mol. The molecule has 20 heavy (non-hydrogen) atoms. The van der Waals surface area contributed by atoms with Crippen molar-refractivity contribution in [3.05, 3.63) is 33.8 Å². The molecule has 1 aromatic carbocycles. The molecule has 1 aliphatic heterocycles. The molecule has 2 unspecified atom stereocenters. The van der Waals surface area contributed by atoms with Crippen molar-refractivity contribution >= 4 is 23.2 Å². The fourth-order valence-corrected chi connectivity index (χ4v) is 2.99. The normalized spacial score (nSPS) is 23.9. The van der Waals surface area contributed by atoms with Crippen LogP contribution in [0, 0.1) is 5.92 Å². The molecule has 0 aromatic heterocycles. The van der Waals surface area contributed by atoms with Gasteiger partial charge in [-0.25, -0.2) is 0 Å². The van der Waals surface area contributed by atoms with E-state index in [-0.39, 0.29) is 11.6 Å². The van der Waals surface area contributed by atoms with Gasteiger partial charge in [0.05, 0.1) is 16.1 Å². The minimum Gasteiger partial charge on any atom is -0.373 e. The molecule has 0 aliphatic carbocycles. The Hall–Kier alpha value is -0.280. The van der Waals surface area contributed by atoms with Gasteiger partial charge in [-0.1, -0.05) is 35.3 Å². The minimum atomic E-state index is 0.0322. The maximum atomic E-state index is 6.35. The molecule has 1 fully saturated rings. The highest BCUT2D eigenvalue weighted by molar-refractivity contribution is 6.42. The highest BCUT2D eigenvalue weighted by Crippen LogP contribution is 2.39. The van der Waals surface area contributed by atoms with E-state index < -0.39 is 0 Å². The molecule has 0 spiro atoms. The summed E-state index contributed by atoms with van der Waals surface area (Å²) < 4.78 is 5.99. The van der Waals surface area contributed by atoms with E-state index in [2.05, 4.69) is 26.1 Å². The lowest BCUT2D eigenvalue weighted by Gasteiger charge is -2.35. The first-order chi connectivity index (χ1) is 9.38. The maximum Gasteiger partial charge on any atom is 0.0880 e. The van der Waals surface area contributed by atoms with E-state index in [0.29, 0.717) is 16.0 Å². The van der Waals surface area contributed by atoms with E-state index in [1.54, 1.807) is 0 Å². The van der Waals surface area contributed by atoms with E-state index in [1.807, 2.05) is 18.2 Å². The fraction of sp³-hybridized carbons (Fsp3) is 0.625. The lowest BCUT2D eigenvalue weighted by Crippen LogP contribution is -2.41. The lowest BCUT2D eigenvalue weighted by molar-refractivity contribution is -0.0292. The van der Waals surface area contributed by atoms with Crippen LogP contribution in [0.2, 0.25) is 10.0 Å². The molecule has 1 saturated heterocycles. The van der Waals surface area contributed by atoms with E-state index in [0.717, 1.165) is 31.6 Å². The quantitative estimate of drug-likeness (QED) is 0.861. The molecule has 112 valence electrons. The van der Waals surface area contributed by atoms with Crippen LogP contribution in [0.5, 0.6) is 0 Å². The van der Waals surface area contributed by atoms with Crippen LogP contribution in [0.15, 0.2) is 18.2 Å². The van der Waals surface area contributed by atoms with Crippen LogP contribution in [0.3, 0.4) is 0 Å². The summed E-state index contributed by atoms with van der Waals surface area (Å²) >= 11 is 12.5. The molecule has 1 heterocycles. The number of hydrogen-bond donors (Lipinski definition) is 1. The smallest absolute Gasteiger partial charge is 0.0880 e. The number of halogens is 2. The number of benzene rings is 1. The molecule has 2 rings (SSSR count). The summed E-state index contributed by atoms with van der Waals surface area (Å²) in [5, 5.41) is 4.79. The van der Waals surface area contributed by atoms with Gasteiger partial charge in [-0.3, -0.25) is 0 Å². The van der Waals surface area contributed by atoms with Crippen LogP contribution in [0.25, 0.3) is 0 Å². The second-order valence-corrected chi connectivity index (χ2v) is 7.25. The zero-order valence-electron chi connectivity index (χ0n) is 12.4. The van der Waals surface area contributed by atoms with Crippen LogP contribution >= 0.6 is 23.2 Å². The third-order valence-corrected chi connectivity index (χ3v) is 4.46. The molecule has 0 amide bonds. The molecule has 2 atom stereocenters. The van der Waals surface area contributed by atoms with Crippen molar-refractivity contribution in [2.24, 2.45) is 5.92 Å². The van der Waals surface area contributed by atoms with Crippen molar-refractivity contribution in [2.75, 3.05) is 13.2 Å². The van der Waals surface area contributed by atoms with Crippen molar-refractivity contribution in [1.82, 2.24) is 5.32 Å². The summed E-state index contributed by atoms with van der Waals surface area (Å²) in [5.74, 6) is 0.430. The van der Waals surface area contributed by atoms with E-state index in [4.69, 9.17) is 27.9 Å². The maximum absolute atomic E-state index is 6.35. The standard InChI is InChI=1S/C16H23Cl2NO/c1-16(2,3)19-10-11-6-5-9-20-15(11)12-7-4-8-13(17)14(12)18/h4,7-8,11,15,19H,5-6,9-10H2,1-3H3. The van der Waals surface area contributed by atoms with Gasteiger partial charge in [0.15, 0.2) is 0 Å².